The molecule has 0 aliphatic carbocycles. The Morgan fingerprint density at radius 1 is 1.53 bits per heavy atom. The lowest BCUT2D eigenvalue weighted by atomic mass is 10.5. The maximum absolute atomic E-state index is 10.2. The van der Waals surface area contributed by atoms with Gasteiger partial charge in [-0.2, -0.15) is 0 Å². The van der Waals surface area contributed by atoms with Crippen LogP contribution in [0.5, 0.6) is 0 Å². The fraction of sp³-hybridized carbons (Fsp3) is 0. The van der Waals surface area contributed by atoms with E-state index in [1.54, 1.807) is 11.7 Å². The molecule has 0 atom stereocenters. The van der Waals surface area contributed by atoms with Crippen molar-refractivity contribution in [3.63, 3.8) is 0 Å². The van der Waals surface area contributed by atoms with Gasteiger partial charge in [0.1, 0.15) is 4.88 Å². The molecule has 7 heteroatoms. The molecule has 2 aromatic heterocycles. The molecular weight excluding hydrogens is 218 g/mol. The van der Waals surface area contributed by atoms with Crippen LogP contribution in [0, 0.1) is 0 Å². The zero-order chi connectivity index (χ0) is 10.7. The summed E-state index contributed by atoms with van der Waals surface area (Å²) in [5.74, 6) is -0.573. The summed E-state index contributed by atoms with van der Waals surface area (Å²) in [4.78, 5) is 14.8. The van der Waals surface area contributed by atoms with Crippen molar-refractivity contribution in [2.75, 3.05) is 0 Å². The van der Waals surface area contributed by atoms with Gasteiger partial charge in [-0.25, -0.2) is 4.79 Å². The van der Waals surface area contributed by atoms with Crippen LogP contribution in [0.1, 0.15) is 5.89 Å². The lowest BCUT2D eigenvalue weighted by molar-refractivity contribution is -0.131. The van der Waals surface area contributed by atoms with E-state index in [-0.39, 0.29) is 5.89 Å². The molecule has 15 heavy (non-hydrogen) atoms. The molecule has 76 valence electrons. The van der Waals surface area contributed by atoms with Crippen molar-refractivity contribution < 1.29 is 14.3 Å². The number of thiazole rings is 1. The van der Waals surface area contributed by atoms with E-state index in [1.807, 2.05) is 0 Å². The molecule has 0 unspecified atom stereocenters. The van der Waals surface area contributed by atoms with Gasteiger partial charge in [0, 0.05) is 12.2 Å². The van der Waals surface area contributed by atoms with Crippen LogP contribution in [0.3, 0.4) is 0 Å². The van der Waals surface area contributed by atoms with E-state index in [1.165, 1.54) is 17.4 Å². The van der Waals surface area contributed by atoms with E-state index in [0.717, 1.165) is 11.0 Å². The minimum absolute atomic E-state index is 0.154. The van der Waals surface area contributed by atoms with Gasteiger partial charge in [0.15, 0.2) is 0 Å². The van der Waals surface area contributed by atoms with Gasteiger partial charge in [0.25, 0.3) is 5.89 Å². The largest absolute Gasteiger partial charge is 0.478 e. The van der Waals surface area contributed by atoms with Gasteiger partial charge >= 0.3 is 5.97 Å². The monoisotopic (exact) mass is 223 g/mol. The van der Waals surface area contributed by atoms with E-state index >= 15 is 0 Å². The van der Waals surface area contributed by atoms with E-state index < -0.39 is 5.97 Å². The third-order valence-electron chi connectivity index (χ3n) is 1.45. The fourth-order valence-corrected chi connectivity index (χ4v) is 1.41. The Morgan fingerprint density at radius 3 is 3.07 bits per heavy atom. The first-order valence-electron chi connectivity index (χ1n) is 3.89. The van der Waals surface area contributed by atoms with Crippen molar-refractivity contribution >= 4 is 23.4 Å². The molecule has 0 radical (unpaired) electrons. The first kappa shape index (κ1) is 9.53. The molecule has 0 aliphatic heterocycles. The van der Waals surface area contributed by atoms with E-state index in [2.05, 4.69) is 15.2 Å². The van der Waals surface area contributed by atoms with E-state index in [4.69, 9.17) is 9.52 Å². The number of carboxylic acids is 1. The number of hydrogen-bond acceptors (Lipinski definition) is 6. The summed E-state index contributed by atoms with van der Waals surface area (Å²) in [7, 11) is 0. The second kappa shape index (κ2) is 4.01. The third kappa shape index (κ3) is 2.26. The van der Waals surface area contributed by atoms with Crippen LogP contribution in [0.25, 0.3) is 16.8 Å². The van der Waals surface area contributed by atoms with Crippen LogP contribution >= 0.6 is 11.3 Å². The van der Waals surface area contributed by atoms with Gasteiger partial charge in [0.2, 0.25) is 5.89 Å². The van der Waals surface area contributed by atoms with Crippen molar-refractivity contribution in [1.82, 2.24) is 15.2 Å². The lowest BCUT2D eigenvalue weighted by Crippen LogP contribution is -1.85. The van der Waals surface area contributed by atoms with E-state index in [9.17, 15) is 4.79 Å². The number of rotatable bonds is 3. The Hall–Kier alpha value is -2.02. The maximum atomic E-state index is 10.2. The average molecular weight is 223 g/mol. The molecule has 2 aromatic rings. The highest BCUT2D eigenvalue weighted by molar-refractivity contribution is 7.13. The minimum Gasteiger partial charge on any atom is -0.478 e. The van der Waals surface area contributed by atoms with Crippen molar-refractivity contribution in [3.05, 3.63) is 23.7 Å². The summed E-state index contributed by atoms with van der Waals surface area (Å²) in [6, 6.07) is 0. The highest BCUT2D eigenvalue weighted by Gasteiger charge is 2.07. The Kier molecular flexibility index (Phi) is 2.55. The molecule has 0 amide bonds. The highest BCUT2D eigenvalue weighted by Crippen LogP contribution is 2.21. The SMILES string of the molecule is O=C(O)/C=C/c1nnc(-c2cncs2)o1. The second-order valence-corrected chi connectivity index (χ2v) is 3.37. The molecule has 2 heterocycles. The van der Waals surface area contributed by atoms with Crippen molar-refractivity contribution in [2.24, 2.45) is 0 Å². The zero-order valence-corrected chi connectivity index (χ0v) is 8.14. The Morgan fingerprint density at radius 2 is 2.40 bits per heavy atom. The number of aliphatic carboxylic acids is 1. The van der Waals surface area contributed by atoms with Gasteiger partial charge in [0.05, 0.1) is 11.7 Å². The Balaban J connectivity index is 2.21. The summed E-state index contributed by atoms with van der Waals surface area (Å²) in [5.41, 5.74) is 1.65. The molecule has 0 fully saturated rings. The van der Waals surface area contributed by atoms with Gasteiger partial charge in [-0.1, -0.05) is 0 Å². The van der Waals surface area contributed by atoms with Crippen LogP contribution in [-0.2, 0) is 4.79 Å². The summed E-state index contributed by atoms with van der Waals surface area (Å²) in [6.07, 6.45) is 3.77. The lowest BCUT2D eigenvalue weighted by Gasteiger charge is -1.82. The summed E-state index contributed by atoms with van der Waals surface area (Å²) in [6.45, 7) is 0. The summed E-state index contributed by atoms with van der Waals surface area (Å²) >= 11 is 1.37. The predicted molar refractivity (Wildman–Crippen MR) is 52.1 cm³/mol. The highest BCUT2D eigenvalue weighted by atomic mass is 32.1. The summed E-state index contributed by atoms with van der Waals surface area (Å²) in [5, 5.41) is 15.8. The topological polar surface area (TPSA) is 89.1 Å². The smallest absolute Gasteiger partial charge is 0.328 e. The van der Waals surface area contributed by atoms with Gasteiger partial charge < -0.3 is 9.52 Å². The van der Waals surface area contributed by atoms with Crippen LogP contribution in [0.15, 0.2) is 22.2 Å². The van der Waals surface area contributed by atoms with E-state index in [0.29, 0.717) is 5.89 Å². The Bertz CT molecular complexity index is 489. The van der Waals surface area contributed by atoms with Gasteiger partial charge in [-0.15, -0.1) is 21.5 Å². The third-order valence-corrected chi connectivity index (χ3v) is 2.21. The maximum Gasteiger partial charge on any atom is 0.328 e. The minimum atomic E-state index is -1.06. The molecular formula is C8H5N3O3S. The number of carbonyl (C=O) groups is 1. The molecule has 0 aliphatic rings. The van der Waals surface area contributed by atoms with Crippen molar-refractivity contribution in [2.45, 2.75) is 0 Å². The van der Waals surface area contributed by atoms with Gasteiger partial charge in [-0.3, -0.25) is 4.98 Å². The molecule has 0 spiro atoms. The van der Waals surface area contributed by atoms with Crippen molar-refractivity contribution in [1.29, 1.82) is 0 Å². The number of hydrogen-bond donors (Lipinski definition) is 1. The average Bonchev–Trinajstić information content (AvgIpc) is 2.85. The fourth-order valence-electron chi connectivity index (χ4n) is 0.865. The molecule has 0 saturated carbocycles. The predicted octanol–water partition coefficient (Wildman–Crippen LogP) is 1.29. The summed E-state index contributed by atoms with van der Waals surface area (Å²) < 4.78 is 5.18. The molecule has 0 bridgehead atoms. The first-order valence-corrected chi connectivity index (χ1v) is 4.77. The van der Waals surface area contributed by atoms with Crippen LogP contribution in [0.2, 0.25) is 0 Å². The number of aromatic nitrogens is 3. The normalized spacial score (nSPS) is 10.9. The Labute approximate surface area is 87.9 Å². The molecule has 6 nitrogen and oxygen atoms in total. The van der Waals surface area contributed by atoms with Crippen LogP contribution < -0.4 is 0 Å². The number of nitrogens with zero attached hydrogens (tertiary/aromatic N) is 3. The molecule has 0 aromatic carbocycles. The van der Waals surface area contributed by atoms with Crippen LogP contribution in [-0.4, -0.2) is 26.3 Å². The second-order valence-electron chi connectivity index (χ2n) is 2.48. The molecule has 0 saturated heterocycles. The molecule has 1 N–H and O–H groups in total. The standard InChI is InChI=1S/C8H5N3O3S/c12-7(13)2-1-6-10-11-8(14-6)5-3-9-4-15-5/h1-4H,(H,12,13)/b2-1+. The first-order chi connectivity index (χ1) is 7.25. The van der Waals surface area contributed by atoms with Crippen LogP contribution in [0.4, 0.5) is 0 Å². The zero-order valence-electron chi connectivity index (χ0n) is 7.32. The van der Waals surface area contributed by atoms with Crippen molar-refractivity contribution in [3.8, 4) is 10.8 Å². The quantitative estimate of drug-likeness (QED) is 0.788. The number of carboxylic acid groups (broad SMARTS) is 1. The van der Waals surface area contributed by atoms with Gasteiger partial charge in [-0.05, 0) is 0 Å². The molecule has 2 rings (SSSR count).